The molecule has 3 atom stereocenters. The highest BCUT2D eigenvalue weighted by Gasteiger charge is 2.43. The van der Waals surface area contributed by atoms with Crippen molar-refractivity contribution in [2.75, 3.05) is 0 Å². The Balaban J connectivity index is 1.75. The third-order valence-electron chi connectivity index (χ3n) is 7.48. The average molecular weight is 605 g/mol. The number of carbonyl (C=O) groups is 1. The lowest BCUT2D eigenvalue weighted by Gasteiger charge is -2.37. The summed E-state index contributed by atoms with van der Waals surface area (Å²) in [6.07, 6.45) is -2.97. The standard InChI is InChI=1S/C32H24F8N2O/c1-18-4-2-5-19(10-18)16-30(28-7-3-6-20-11-22(20)17-41-28,23-13-24(31(35,36)37)15-25(33)14-23)42-29(43)21-8-9-27(34)26(12-21)32(38,39)40/h2-10,12-15,17,20,22H,11,16H2,1H3,(H,42,43)/b6-3+,28-7-,41-17?/t20?,22?,30-/m0/s1. The second-order valence-electron chi connectivity index (χ2n) is 10.7. The molecule has 3 aromatic rings. The lowest BCUT2D eigenvalue weighted by molar-refractivity contribution is -0.140. The Hall–Kier alpha value is -4.28. The number of hydrogen-bond donors (Lipinski definition) is 1. The van der Waals surface area contributed by atoms with Crippen LogP contribution in [0.25, 0.3) is 0 Å². The van der Waals surface area contributed by atoms with E-state index in [1.54, 1.807) is 43.5 Å². The zero-order valence-corrected chi connectivity index (χ0v) is 22.5. The van der Waals surface area contributed by atoms with Crippen molar-refractivity contribution in [2.45, 2.75) is 37.7 Å². The fourth-order valence-electron chi connectivity index (χ4n) is 5.19. The number of allylic oxidation sites excluding steroid dienone is 3. The van der Waals surface area contributed by atoms with Crippen LogP contribution in [0.4, 0.5) is 35.1 Å². The maximum atomic E-state index is 14.9. The van der Waals surface area contributed by atoms with Crippen LogP contribution >= 0.6 is 0 Å². The molecule has 3 nitrogen and oxygen atoms in total. The highest BCUT2D eigenvalue weighted by atomic mass is 19.4. The van der Waals surface area contributed by atoms with E-state index in [9.17, 15) is 39.9 Å². The van der Waals surface area contributed by atoms with Crippen molar-refractivity contribution in [2.24, 2.45) is 16.8 Å². The van der Waals surface area contributed by atoms with Gasteiger partial charge in [0, 0.05) is 24.1 Å². The van der Waals surface area contributed by atoms with Gasteiger partial charge < -0.3 is 5.32 Å². The molecule has 0 saturated heterocycles. The second kappa shape index (κ2) is 11.1. The molecule has 1 amide bonds. The number of alkyl halides is 6. The largest absolute Gasteiger partial charge is 0.419 e. The van der Waals surface area contributed by atoms with Crippen molar-refractivity contribution in [3.05, 3.63) is 130 Å². The maximum Gasteiger partial charge on any atom is 0.419 e. The summed E-state index contributed by atoms with van der Waals surface area (Å²) >= 11 is 0. The molecule has 0 aromatic heterocycles. The van der Waals surface area contributed by atoms with E-state index < -0.39 is 52.1 Å². The molecule has 3 aromatic carbocycles. The monoisotopic (exact) mass is 604 g/mol. The molecular formula is C32H24F8N2O. The summed E-state index contributed by atoms with van der Waals surface area (Å²) < 4.78 is 111. The molecule has 1 aliphatic heterocycles. The number of carbonyl (C=O) groups excluding carboxylic acids is 1. The van der Waals surface area contributed by atoms with Crippen molar-refractivity contribution in [1.82, 2.24) is 5.32 Å². The molecule has 1 fully saturated rings. The molecule has 2 unspecified atom stereocenters. The zero-order valence-electron chi connectivity index (χ0n) is 22.5. The minimum absolute atomic E-state index is 0.0286. The maximum absolute atomic E-state index is 14.9. The van der Waals surface area contributed by atoms with Crippen LogP contribution in [0.2, 0.25) is 0 Å². The van der Waals surface area contributed by atoms with Gasteiger partial charge in [-0.25, -0.2) is 8.78 Å². The molecule has 11 heteroatoms. The Bertz CT molecular complexity index is 1650. The number of halogens is 8. The number of benzene rings is 3. The summed E-state index contributed by atoms with van der Waals surface area (Å²) in [7, 11) is 0. The molecule has 0 bridgehead atoms. The first-order valence-corrected chi connectivity index (χ1v) is 13.2. The van der Waals surface area contributed by atoms with E-state index in [-0.39, 0.29) is 29.5 Å². The molecule has 2 aliphatic rings. The fraction of sp³-hybridized carbons (Fsp3) is 0.250. The first kappa shape index (κ1) is 30.2. The van der Waals surface area contributed by atoms with Gasteiger partial charge in [-0.15, -0.1) is 0 Å². The number of nitrogens with one attached hydrogen (secondary N) is 1. The van der Waals surface area contributed by atoms with Crippen LogP contribution in [-0.2, 0) is 24.3 Å². The molecule has 1 saturated carbocycles. The van der Waals surface area contributed by atoms with Crippen LogP contribution in [0, 0.1) is 30.4 Å². The van der Waals surface area contributed by atoms with E-state index >= 15 is 0 Å². The minimum Gasteiger partial charge on any atom is -0.337 e. The third-order valence-corrected chi connectivity index (χ3v) is 7.48. The summed E-state index contributed by atoms with van der Waals surface area (Å²) in [6, 6.07) is 10.3. The molecule has 1 heterocycles. The van der Waals surface area contributed by atoms with Gasteiger partial charge in [-0.2, -0.15) is 26.3 Å². The predicted molar refractivity (Wildman–Crippen MR) is 144 cm³/mol. The Labute approximate surface area is 241 Å². The highest BCUT2D eigenvalue weighted by molar-refractivity contribution is 5.95. The van der Waals surface area contributed by atoms with Gasteiger partial charge in [-0.1, -0.05) is 42.0 Å². The molecule has 43 heavy (non-hydrogen) atoms. The summed E-state index contributed by atoms with van der Waals surface area (Å²) in [5.74, 6) is -3.76. The molecular weight excluding hydrogens is 580 g/mol. The molecule has 0 radical (unpaired) electrons. The molecule has 0 spiro atoms. The number of rotatable bonds is 6. The Morgan fingerprint density at radius 1 is 0.907 bits per heavy atom. The van der Waals surface area contributed by atoms with E-state index in [1.807, 2.05) is 6.08 Å². The smallest absolute Gasteiger partial charge is 0.337 e. The van der Waals surface area contributed by atoms with E-state index in [0.717, 1.165) is 24.1 Å². The summed E-state index contributed by atoms with van der Waals surface area (Å²) in [4.78, 5) is 18.2. The quantitative estimate of drug-likeness (QED) is 0.283. The fourth-order valence-corrected chi connectivity index (χ4v) is 5.19. The van der Waals surface area contributed by atoms with Crippen molar-refractivity contribution in [3.63, 3.8) is 0 Å². The number of fused-ring (bicyclic) bond motifs is 1. The summed E-state index contributed by atoms with van der Waals surface area (Å²) in [5.41, 5.74) is -4.67. The van der Waals surface area contributed by atoms with Gasteiger partial charge in [-0.3, -0.25) is 9.79 Å². The van der Waals surface area contributed by atoms with Gasteiger partial charge >= 0.3 is 12.4 Å². The molecule has 1 aliphatic carbocycles. The van der Waals surface area contributed by atoms with Gasteiger partial charge in [-0.05, 0) is 72.9 Å². The van der Waals surface area contributed by atoms with Crippen LogP contribution in [0.3, 0.4) is 0 Å². The van der Waals surface area contributed by atoms with Crippen molar-refractivity contribution < 1.29 is 39.9 Å². The van der Waals surface area contributed by atoms with E-state index in [1.165, 1.54) is 6.08 Å². The van der Waals surface area contributed by atoms with Gasteiger partial charge in [0.1, 0.15) is 17.2 Å². The van der Waals surface area contributed by atoms with E-state index in [4.69, 9.17) is 0 Å². The first-order chi connectivity index (χ1) is 20.2. The minimum atomic E-state index is -5.12. The summed E-state index contributed by atoms with van der Waals surface area (Å²) in [6.45, 7) is 1.77. The van der Waals surface area contributed by atoms with Gasteiger partial charge in [0.25, 0.3) is 5.91 Å². The van der Waals surface area contributed by atoms with Gasteiger partial charge in [0.15, 0.2) is 0 Å². The van der Waals surface area contributed by atoms with Crippen LogP contribution in [0.1, 0.15) is 44.6 Å². The summed E-state index contributed by atoms with van der Waals surface area (Å²) in [5, 5.41) is 2.60. The van der Waals surface area contributed by atoms with Gasteiger partial charge in [0.05, 0.1) is 16.8 Å². The molecule has 5 rings (SSSR count). The van der Waals surface area contributed by atoms with Crippen LogP contribution in [-0.4, -0.2) is 12.1 Å². The van der Waals surface area contributed by atoms with Crippen LogP contribution in [0.5, 0.6) is 0 Å². The second-order valence-corrected chi connectivity index (χ2v) is 10.7. The van der Waals surface area contributed by atoms with Crippen molar-refractivity contribution in [3.8, 4) is 0 Å². The van der Waals surface area contributed by atoms with E-state index in [0.29, 0.717) is 29.8 Å². The number of hydrogen-bond acceptors (Lipinski definition) is 2. The lowest BCUT2D eigenvalue weighted by Crippen LogP contribution is -2.49. The Morgan fingerprint density at radius 3 is 2.35 bits per heavy atom. The van der Waals surface area contributed by atoms with Gasteiger partial charge in [0.2, 0.25) is 0 Å². The van der Waals surface area contributed by atoms with E-state index in [2.05, 4.69) is 10.3 Å². The Morgan fingerprint density at radius 2 is 1.65 bits per heavy atom. The number of aryl methyl sites for hydroxylation is 1. The van der Waals surface area contributed by atoms with Crippen molar-refractivity contribution in [1.29, 1.82) is 0 Å². The lowest BCUT2D eigenvalue weighted by atomic mass is 9.79. The first-order valence-electron chi connectivity index (χ1n) is 13.2. The predicted octanol–water partition coefficient (Wildman–Crippen LogP) is 8.34. The Kier molecular flexibility index (Phi) is 7.79. The number of nitrogens with zero attached hydrogens (tertiary/aromatic N) is 1. The van der Waals surface area contributed by atoms with Crippen molar-refractivity contribution >= 4 is 12.1 Å². The number of aliphatic imine (C=N–C) groups is 1. The topological polar surface area (TPSA) is 41.5 Å². The normalized spacial score (nSPS) is 21.5. The van der Waals surface area contributed by atoms with Crippen LogP contribution < -0.4 is 5.32 Å². The third kappa shape index (κ3) is 6.55. The number of amides is 1. The zero-order chi connectivity index (χ0) is 31.2. The SMILES string of the molecule is Cc1cccc(C[C@@](NC(=O)c2ccc(F)c(C(F)(F)F)c2)(/C2=C/C=C/C3CC3C=N2)c2cc(F)cc(C(F)(F)F)c2)c1. The highest BCUT2D eigenvalue weighted by Crippen LogP contribution is 2.43. The average Bonchev–Trinajstić information content (AvgIpc) is 3.63. The molecule has 1 N–H and O–H groups in total. The van der Waals surface area contributed by atoms with Crippen LogP contribution in [0.15, 0.2) is 89.6 Å². The molecule has 224 valence electrons.